The standard InChI is InChI=1S/C8H10N2S/c1-6(2)7-5-9-10-3-4-11-8(7)10/h3-6H,1-2H3. The van der Waals surface area contributed by atoms with E-state index in [9.17, 15) is 0 Å². The van der Waals surface area contributed by atoms with Crippen LogP contribution in [0.4, 0.5) is 0 Å². The fourth-order valence-corrected chi connectivity index (χ4v) is 2.09. The molecule has 0 amide bonds. The summed E-state index contributed by atoms with van der Waals surface area (Å²) in [6.07, 6.45) is 3.95. The quantitative estimate of drug-likeness (QED) is 0.636. The highest BCUT2D eigenvalue weighted by molar-refractivity contribution is 7.15. The van der Waals surface area contributed by atoms with Crippen molar-refractivity contribution in [2.75, 3.05) is 0 Å². The smallest absolute Gasteiger partial charge is 0.122 e. The van der Waals surface area contributed by atoms with Crippen LogP contribution in [0.1, 0.15) is 25.3 Å². The van der Waals surface area contributed by atoms with Gasteiger partial charge in [-0.15, -0.1) is 11.3 Å². The molecule has 11 heavy (non-hydrogen) atoms. The van der Waals surface area contributed by atoms with Crippen molar-refractivity contribution in [1.82, 2.24) is 9.61 Å². The Balaban J connectivity index is 2.68. The first-order valence-corrected chi connectivity index (χ1v) is 4.57. The van der Waals surface area contributed by atoms with Crippen LogP contribution in [0.2, 0.25) is 0 Å². The van der Waals surface area contributed by atoms with Crippen molar-refractivity contribution in [3.05, 3.63) is 23.3 Å². The van der Waals surface area contributed by atoms with Crippen LogP contribution in [0.15, 0.2) is 17.8 Å². The van der Waals surface area contributed by atoms with Gasteiger partial charge in [0, 0.05) is 17.1 Å². The lowest BCUT2D eigenvalue weighted by molar-refractivity contribution is 0.877. The van der Waals surface area contributed by atoms with Gasteiger partial charge >= 0.3 is 0 Å². The molecule has 0 saturated heterocycles. The molecule has 0 bridgehead atoms. The molecular weight excluding hydrogens is 156 g/mol. The molecular formula is C8H10N2S. The molecule has 2 nitrogen and oxygen atoms in total. The number of rotatable bonds is 1. The van der Waals surface area contributed by atoms with Crippen molar-refractivity contribution in [3.8, 4) is 0 Å². The molecule has 0 radical (unpaired) electrons. The van der Waals surface area contributed by atoms with Crippen LogP contribution in [0, 0.1) is 0 Å². The van der Waals surface area contributed by atoms with E-state index in [2.05, 4.69) is 24.3 Å². The second-order valence-corrected chi connectivity index (χ2v) is 3.80. The molecule has 2 aromatic rings. The molecule has 0 atom stereocenters. The SMILES string of the molecule is CC(C)c1cnn2ccsc12. The number of nitrogens with zero attached hydrogens (tertiary/aromatic N) is 2. The van der Waals surface area contributed by atoms with Crippen molar-refractivity contribution < 1.29 is 0 Å². The van der Waals surface area contributed by atoms with Gasteiger partial charge in [0.05, 0.1) is 6.20 Å². The summed E-state index contributed by atoms with van der Waals surface area (Å²) < 4.78 is 1.93. The zero-order chi connectivity index (χ0) is 7.84. The first-order valence-electron chi connectivity index (χ1n) is 3.70. The van der Waals surface area contributed by atoms with E-state index < -0.39 is 0 Å². The van der Waals surface area contributed by atoms with E-state index >= 15 is 0 Å². The fraction of sp³-hybridized carbons (Fsp3) is 0.375. The predicted octanol–water partition coefficient (Wildman–Crippen LogP) is 2.52. The van der Waals surface area contributed by atoms with Gasteiger partial charge < -0.3 is 0 Å². The van der Waals surface area contributed by atoms with E-state index in [1.54, 1.807) is 11.3 Å². The Morgan fingerprint density at radius 2 is 2.36 bits per heavy atom. The molecule has 0 unspecified atom stereocenters. The van der Waals surface area contributed by atoms with Gasteiger partial charge in [0.1, 0.15) is 4.83 Å². The molecule has 0 saturated carbocycles. The largest absolute Gasteiger partial charge is 0.230 e. The molecule has 0 aromatic carbocycles. The highest BCUT2D eigenvalue weighted by Crippen LogP contribution is 2.23. The minimum atomic E-state index is 0.575. The summed E-state index contributed by atoms with van der Waals surface area (Å²) in [6.45, 7) is 4.38. The molecule has 0 aliphatic heterocycles. The van der Waals surface area contributed by atoms with E-state index in [-0.39, 0.29) is 0 Å². The van der Waals surface area contributed by atoms with Crippen LogP contribution < -0.4 is 0 Å². The van der Waals surface area contributed by atoms with E-state index in [1.165, 1.54) is 10.4 Å². The third-order valence-corrected chi connectivity index (χ3v) is 2.68. The summed E-state index contributed by atoms with van der Waals surface area (Å²) in [7, 11) is 0. The lowest BCUT2D eigenvalue weighted by Crippen LogP contribution is -1.82. The normalized spacial score (nSPS) is 11.5. The van der Waals surface area contributed by atoms with Gasteiger partial charge in [0.15, 0.2) is 0 Å². The van der Waals surface area contributed by atoms with Crippen LogP contribution in [0.5, 0.6) is 0 Å². The van der Waals surface area contributed by atoms with Gasteiger partial charge in [0.2, 0.25) is 0 Å². The minimum absolute atomic E-state index is 0.575. The molecule has 58 valence electrons. The highest BCUT2D eigenvalue weighted by atomic mass is 32.1. The number of aromatic nitrogens is 2. The number of fused-ring (bicyclic) bond motifs is 1. The molecule has 2 rings (SSSR count). The average molecular weight is 166 g/mol. The summed E-state index contributed by atoms with van der Waals surface area (Å²) in [6, 6.07) is 0. The predicted molar refractivity (Wildman–Crippen MR) is 47.2 cm³/mol. The Kier molecular flexibility index (Phi) is 1.46. The summed E-state index contributed by atoms with van der Waals surface area (Å²) in [5.41, 5.74) is 1.35. The maximum atomic E-state index is 4.23. The first-order chi connectivity index (χ1) is 5.29. The van der Waals surface area contributed by atoms with Crippen molar-refractivity contribution in [2.24, 2.45) is 0 Å². The van der Waals surface area contributed by atoms with Crippen molar-refractivity contribution in [2.45, 2.75) is 19.8 Å². The van der Waals surface area contributed by atoms with Crippen molar-refractivity contribution in [3.63, 3.8) is 0 Å². The molecule has 0 fully saturated rings. The Morgan fingerprint density at radius 3 is 3.09 bits per heavy atom. The van der Waals surface area contributed by atoms with Gasteiger partial charge in [-0.2, -0.15) is 5.10 Å². The third kappa shape index (κ3) is 0.959. The molecule has 0 aliphatic rings. The number of hydrogen-bond donors (Lipinski definition) is 0. The van der Waals surface area contributed by atoms with Gasteiger partial charge in [-0.25, -0.2) is 4.52 Å². The third-order valence-electron chi connectivity index (χ3n) is 1.78. The van der Waals surface area contributed by atoms with Crippen LogP contribution in [-0.2, 0) is 0 Å². The zero-order valence-electron chi connectivity index (χ0n) is 6.61. The van der Waals surface area contributed by atoms with Crippen LogP contribution >= 0.6 is 11.3 Å². The van der Waals surface area contributed by atoms with Crippen LogP contribution in [-0.4, -0.2) is 9.61 Å². The maximum absolute atomic E-state index is 4.23. The van der Waals surface area contributed by atoms with Gasteiger partial charge in [-0.05, 0) is 5.92 Å². The molecule has 0 aliphatic carbocycles. The fourth-order valence-electron chi connectivity index (χ4n) is 1.14. The summed E-state index contributed by atoms with van der Waals surface area (Å²) in [5, 5.41) is 6.29. The van der Waals surface area contributed by atoms with Crippen molar-refractivity contribution in [1.29, 1.82) is 0 Å². The van der Waals surface area contributed by atoms with Gasteiger partial charge in [0.25, 0.3) is 0 Å². The summed E-state index contributed by atoms with van der Waals surface area (Å²) in [4.78, 5) is 1.28. The number of hydrogen-bond acceptors (Lipinski definition) is 2. The van der Waals surface area contributed by atoms with E-state index in [0.29, 0.717) is 5.92 Å². The Bertz CT molecular complexity index is 359. The molecule has 3 heteroatoms. The molecule has 0 spiro atoms. The summed E-state index contributed by atoms with van der Waals surface area (Å²) in [5.74, 6) is 0.575. The molecule has 0 N–H and O–H groups in total. The Morgan fingerprint density at radius 1 is 1.55 bits per heavy atom. The number of thiazole rings is 1. The summed E-state index contributed by atoms with van der Waals surface area (Å²) >= 11 is 1.75. The van der Waals surface area contributed by atoms with Crippen LogP contribution in [0.25, 0.3) is 4.83 Å². The second-order valence-electron chi connectivity index (χ2n) is 2.91. The topological polar surface area (TPSA) is 17.3 Å². The highest BCUT2D eigenvalue weighted by Gasteiger charge is 2.07. The monoisotopic (exact) mass is 166 g/mol. The van der Waals surface area contributed by atoms with Gasteiger partial charge in [-0.3, -0.25) is 0 Å². The Hall–Kier alpha value is -0.830. The average Bonchev–Trinajstić information content (AvgIpc) is 2.41. The lowest BCUT2D eigenvalue weighted by Gasteiger charge is -1.97. The van der Waals surface area contributed by atoms with Gasteiger partial charge in [-0.1, -0.05) is 13.8 Å². The van der Waals surface area contributed by atoms with Crippen LogP contribution in [0.3, 0.4) is 0 Å². The Labute approximate surface area is 69.5 Å². The lowest BCUT2D eigenvalue weighted by atomic mass is 10.1. The van der Waals surface area contributed by atoms with Crippen molar-refractivity contribution >= 4 is 16.2 Å². The maximum Gasteiger partial charge on any atom is 0.122 e. The van der Waals surface area contributed by atoms with E-state index in [0.717, 1.165) is 0 Å². The van der Waals surface area contributed by atoms with E-state index in [4.69, 9.17) is 0 Å². The molecule has 2 aromatic heterocycles. The van der Waals surface area contributed by atoms with E-state index in [1.807, 2.05) is 16.9 Å². The second kappa shape index (κ2) is 2.34. The molecule has 2 heterocycles. The minimum Gasteiger partial charge on any atom is -0.230 e. The first kappa shape index (κ1) is 6.85. The zero-order valence-corrected chi connectivity index (χ0v) is 7.43.